The third kappa shape index (κ3) is 3.08. The zero-order valence-corrected chi connectivity index (χ0v) is 18.9. The van der Waals surface area contributed by atoms with Crippen LogP contribution in [0.5, 0.6) is 0 Å². The van der Waals surface area contributed by atoms with Crippen LogP contribution in [0.25, 0.3) is 0 Å². The summed E-state index contributed by atoms with van der Waals surface area (Å²) in [6.07, 6.45) is 3.23. The fraction of sp³-hybridized carbons (Fsp3) is 0.652. The second kappa shape index (κ2) is 7.29. The fourth-order valence-corrected chi connectivity index (χ4v) is 8.39. The van der Waals surface area contributed by atoms with Gasteiger partial charge in [-0.05, 0) is 54.6 Å². The van der Waals surface area contributed by atoms with E-state index in [2.05, 4.69) is 43.4 Å². The SMILES string of the molecule is CC1(C)CC[C@@]2(C)[C@H](OC=O)[C@@H]3C(I)C[C@H](COC(=O)c4ccccc4)[C@@H]3[C@@H]12. The van der Waals surface area contributed by atoms with E-state index in [-0.39, 0.29) is 22.9 Å². The molecule has 0 amide bonds. The average molecular weight is 496 g/mol. The molecular weight excluding hydrogens is 467 g/mol. The average Bonchev–Trinajstić information content (AvgIpc) is 3.21. The van der Waals surface area contributed by atoms with Gasteiger partial charge in [-0.2, -0.15) is 0 Å². The van der Waals surface area contributed by atoms with Crippen LogP contribution < -0.4 is 0 Å². The van der Waals surface area contributed by atoms with Gasteiger partial charge in [0.15, 0.2) is 0 Å². The van der Waals surface area contributed by atoms with Crippen LogP contribution in [0.4, 0.5) is 0 Å². The van der Waals surface area contributed by atoms with Crippen LogP contribution in [-0.4, -0.2) is 29.1 Å². The van der Waals surface area contributed by atoms with Gasteiger partial charge in [-0.3, -0.25) is 4.79 Å². The van der Waals surface area contributed by atoms with Crippen molar-refractivity contribution in [3.8, 4) is 0 Å². The monoisotopic (exact) mass is 496 g/mol. The third-order valence-electron chi connectivity index (χ3n) is 7.82. The van der Waals surface area contributed by atoms with Gasteiger partial charge in [0.2, 0.25) is 0 Å². The summed E-state index contributed by atoms with van der Waals surface area (Å²) >= 11 is 2.53. The molecule has 1 aromatic carbocycles. The molecule has 0 aliphatic heterocycles. The molecular formula is C23H29IO4. The standard InChI is InChI=1S/C23H29IO4/c1-22(2)9-10-23(3)19(22)17-15(11-16(24)18(17)20(23)28-13-25)12-27-21(26)14-7-5-4-6-8-14/h4-8,13,15-20H,9-12H2,1-3H3/t15-,16?,17+,18-,19+,20-,23-/m1/s1. The number of benzene rings is 1. The smallest absolute Gasteiger partial charge is 0.338 e. The van der Waals surface area contributed by atoms with E-state index in [9.17, 15) is 9.59 Å². The Bertz CT molecular complexity index is 748. The topological polar surface area (TPSA) is 52.6 Å². The molecule has 3 aliphatic rings. The van der Waals surface area contributed by atoms with Crippen molar-refractivity contribution < 1.29 is 19.1 Å². The summed E-state index contributed by atoms with van der Waals surface area (Å²) in [6.45, 7) is 8.13. The van der Waals surface area contributed by atoms with Gasteiger partial charge in [0, 0.05) is 15.3 Å². The van der Waals surface area contributed by atoms with E-state index in [1.165, 1.54) is 0 Å². The van der Waals surface area contributed by atoms with Crippen molar-refractivity contribution in [2.45, 2.75) is 50.1 Å². The highest BCUT2D eigenvalue weighted by atomic mass is 127. The summed E-state index contributed by atoms with van der Waals surface area (Å²) in [4.78, 5) is 23.8. The van der Waals surface area contributed by atoms with Crippen molar-refractivity contribution in [1.82, 2.24) is 0 Å². The highest BCUT2D eigenvalue weighted by Gasteiger charge is 2.70. The maximum Gasteiger partial charge on any atom is 0.338 e. The van der Waals surface area contributed by atoms with Gasteiger partial charge in [-0.15, -0.1) is 0 Å². The summed E-state index contributed by atoms with van der Waals surface area (Å²) in [5.74, 6) is 1.33. The van der Waals surface area contributed by atoms with Crippen LogP contribution >= 0.6 is 22.6 Å². The molecule has 3 saturated carbocycles. The molecule has 0 saturated heterocycles. The predicted octanol–water partition coefficient (Wildman–Crippen LogP) is 4.90. The van der Waals surface area contributed by atoms with Crippen molar-refractivity contribution in [3.63, 3.8) is 0 Å². The largest absolute Gasteiger partial charge is 0.464 e. The molecule has 4 nitrogen and oxygen atoms in total. The number of ether oxygens (including phenoxy) is 2. The normalized spacial score (nSPS) is 40.6. The first-order chi connectivity index (χ1) is 13.3. The van der Waals surface area contributed by atoms with Gasteiger partial charge in [0.1, 0.15) is 6.10 Å². The van der Waals surface area contributed by atoms with E-state index in [1.807, 2.05) is 18.2 Å². The highest BCUT2D eigenvalue weighted by Crippen LogP contribution is 2.71. The molecule has 0 radical (unpaired) electrons. The van der Waals surface area contributed by atoms with Crippen LogP contribution in [-0.2, 0) is 14.3 Å². The summed E-state index contributed by atoms with van der Waals surface area (Å²) in [6, 6.07) is 9.19. The van der Waals surface area contributed by atoms with E-state index >= 15 is 0 Å². The molecule has 0 spiro atoms. The highest BCUT2D eigenvalue weighted by molar-refractivity contribution is 14.1. The molecule has 0 N–H and O–H groups in total. The Kier molecular flexibility index (Phi) is 5.26. The van der Waals surface area contributed by atoms with E-state index in [0.29, 0.717) is 46.2 Å². The Morgan fingerprint density at radius 1 is 1.18 bits per heavy atom. The molecule has 1 unspecified atom stereocenters. The maximum atomic E-state index is 12.5. The lowest BCUT2D eigenvalue weighted by atomic mass is 9.67. The minimum Gasteiger partial charge on any atom is -0.464 e. The Morgan fingerprint density at radius 2 is 1.89 bits per heavy atom. The Morgan fingerprint density at radius 3 is 2.57 bits per heavy atom. The van der Waals surface area contributed by atoms with Crippen LogP contribution in [0.3, 0.4) is 0 Å². The zero-order chi connectivity index (χ0) is 20.1. The van der Waals surface area contributed by atoms with Gasteiger partial charge in [0.25, 0.3) is 6.47 Å². The van der Waals surface area contributed by atoms with Crippen molar-refractivity contribution in [3.05, 3.63) is 35.9 Å². The number of fused-ring (bicyclic) bond motifs is 3. The van der Waals surface area contributed by atoms with Gasteiger partial charge in [0.05, 0.1) is 12.2 Å². The third-order valence-corrected chi connectivity index (χ3v) is 9.16. The molecule has 0 aromatic heterocycles. The molecule has 5 heteroatoms. The first kappa shape index (κ1) is 20.2. The molecule has 0 bridgehead atoms. The number of alkyl halides is 1. The summed E-state index contributed by atoms with van der Waals surface area (Å²) in [5.41, 5.74) is 0.828. The van der Waals surface area contributed by atoms with Gasteiger partial charge < -0.3 is 9.47 Å². The number of carbonyl (C=O) groups excluding carboxylic acids is 2. The first-order valence-corrected chi connectivity index (χ1v) is 11.5. The van der Waals surface area contributed by atoms with E-state index < -0.39 is 0 Å². The molecule has 28 heavy (non-hydrogen) atoms. The Labute approximate surface area is 180 Å². The Balaban J connectivity index is 1.57. The predicted molar refractivity (Wildman–Crippen MR) is 115 cm³/mol. The van der Waals surface area contributed by atoms with Crippen LogP contribution in [0.1, 0.15) is 50.4 Å². The van der Waals surface area contributed by atoms with Gasteiger partial charge in [-0.1, -0.05) is 61.6 Å². The summed E-state index contributed by atoms with van der Waals surface area (Å²) in [5, 5.41) is 0. The Hall–Kier alpha value is -1.11. The molecule has 3 fully saturated rings. The van der Waals surface area contributed by atoms with E-state index in [0.717, 1.165) is 19.3 Å². The molecule has 1 aromatic rings. The fourth-order valence-electron chi connectivity index (χ4n) is 6.88. The number of rotatable bonds is 5. The summed E-state index contributed by atoms with van der Waals surface area (Å²) in [7, 11) is 0. The molecule has 3 aliphatic carbocycles. The van der Waals surface area contributed by atoms with Crippen molar-refractivity contribution in [2.75, 3.05) is 6.61 Å². The lowest BCUT2D eigenvalue weighted by molar-refractivity contribution is -0.141. The van der Waals surface area contributed by atoms with Gasteiger partial charge in [-0.25, -0.2) is 4.79 Å². The van der Waals surface area contributed by atoms with E-state index in [4.69, 9.17) is 9.47 Å². The van der Waals surface area contributed by atoms with Crippen molar-refractivity contribution in [2.24, 2.45) is 34.5 Å². The quantitative estimate of drug-likeness (QED) is 0.252. The minimum atomic E-state index is -0.249. The second-order valence-corrected chi connectivity index (χ2v) is 11.4. The van der Waals surface area contributed by atoms with Crippen molar-refractivity contribution in [1.29, 1.82) is 0 Å². The lowest BCUT2D eigenvalue weighted by Crippen LogP contribution is -2.38. The van der Waals surface area contributed by atoms with Crippen LogP contribution in [0.15, 0.2) is 30.3 Å². The number of carbonyl (C=O) groups is 2. The second-order valence-electron chi connectivity index (χ2n) is 9.76. The first-order valence-electron chi connectivity index (χ1n) is 10.2. The lowest BCUT2D eigenvalue weighted by Gasteiger charge is -2.38. The molecule has 0 heterocycles. The number of hydrogen-bond donors (Lipinski definition) is 0. The van der Waals surface area contributed by atoms with Crippen LogP contribution in [0.2, 0.25) is 0 Å². The van der Waals surface area contributed by atoms with Gasteiger partial charge >= 0.3 is 5.97 Å². The minimum absolute atomic E-state index is 0.0191. The maximum absolute atomic E-state index is 12.5. The van der Waals surface area contributed by atoms with E-state index in [1.54, 1.807) is 12.1 Å². The van der Waals surface area contributed by atoms with Crippen LogP contribution in [0, 0.1) is 34.5 Å². The number of hydrogen-bond acceptors (Lipinski definition) is 4. The number of esters is 1. The number of halogens is 1. The van der Waals surface area contributed by atoms with Crippen molar-refractivity contribution >= 4 is 35.0 Å². The molecule has 7 atom stereocenters. The molecule has 4 rings (SSSR count). The zero-order valence-electron chi connectivity index (χ0n) is 16.8. The summed E-state index contributed by atoms with van der Waals surface area (Å²) < 4.78 is 11.9. The molecule has 152 valence electrons.